The summed E-state index contributed by atoms with van der Waals surface area (Å²) >= 11 is 1.06. The van der Waals surface area contributed by atoms with Gasteiger partial charge < -0.3 is 14.7 Å². The molecule has 1 saturated heterocycles. The number of aliphatic hydroxyl groups is 1. The van der Waals surface area contributed by atoms with Crippen LogP contribution in [0.5, 0.6) is 0 Å². The number of rotatable bonds is 3. The molecule has 6 nitrogen and oxygen atoms in total. The minimum absolute atomic E-state index is 0.0406. The monoisotopic (exact) mass is 420 g/mol. The van der Waals surface area contributed by atoms with Crippen molar-refractivity contribution in [2.45, 2.75) is 25.9 Å². The number of likely N-dealkylation sites (tertiary alicyclic amines) is 1. The lowest BCUT2D eigenvalue weighted by Gasteiger charge is -2.13. The molecule has 2 heterocycles. The Bertz CT molecular complexity index is 1060. The number of hydrogen-bond acceptors (Lipinski definition) is 6. The van der Waals surface area contributed by atoms with Crippen LogP contribution >= 0.6 is 11.3 Å². The van der Waals surface area contributed by atoms with Gasteiger partial charge >= 0.3 is 5.97 Å². The van der Waals surface area contributed by atoms with Gasteiger partial charge in [-0.3, -0.25) is 4.79 Å². The molecule has 3 rings (SSSR count). The first kappa shape index (κ1) is 20.9. The average molecular weight is 420 g/mol. The molecule has 0 saturated carbocycles. The van der Waals surface area contributed by atoms with Crippen LogP contribution in [0.25, 0.3) is 10.6 Å². The van der Waals surface area contributed by atoms with Gasteiger partial charge in [-0.2, -0.15) is 0 Å². The van der Waals surface area contributed by atoms with E-state index in [9.17, 15) is 23.5 Å². The maximum atomic E-state index is 14.4. The molecular weight excluding hydrogens is 402 g/mol. The van der Waals surface area contributed by atoms with Crippen LogP contribution in [0, 0.1) is 30.4 Å². The Kier molecular flexibility index (Phi) is 5.68. The topological polar surface area (TPSA) is 79.7 Å². The number of halogens is 2. The maximum absolute atomic E-state index is 14.4. The first-order chi connectivity index (χ1) is 13.7. The third kappa shape index (κ3) is 3.99. The van der Waals surface area contributed by atoms with Crippen molar-refractivity contribution in [3.8, 4) is 22.4 Å². The molecule has 2 aromatic rings. The van der Waals surface area contributed by atoms with Crippen LogP contribution < -0.4 is 0 Å². The Morgan fingerprint density at radius 3 is 2.76 bits per heavy atom. The number of aryl methyl sites for hydroxylation is 1. The van der Waals surface area contributed by atoms with E-state index in [4.69, 9.17) is 4.74 Å². The second-order valence-electron chi connectivity index (χ2n) is 6.54. The zero-order valence-corrected chi connectivity index (χ0v) is 16.8. The Morgan fingerprint density at radius 1 is 1.41 bits per heavy atom. The van der Waals surface area contributed by atoms with E-state index < -0.39 is 29.1 Å². The summed E-state index contributed by atoms with van der Waals surface area (Å²) in [6.45, 7) is 3.81. The van der Waals surface area contributed by atoms with E-state index in [2.05, 4.69) is 16.8 Å². The minimum atomic E-state index is -1.90. The molecule has 0 bridgehead atoms. The first-order valence-electron chi connectivity index (χ1n) is 8.81. The number of aromatic nitrogens is 1. The number of amides is 1. The zero-order chi connectivity index (χ0) is 21.3. The summed E-state index contributed by atoms with van der Waals surface area (Å²) in [4.78, 5) is 29.9. The van der Waals surface area contributed by atoms with Crippen molar-refractivity contribution in [3.05, 3.63) is 39.9 Å². The van der Waals surface area contributed by atoms with Crippen LogP contribution in [0.3, 0.4) is 0 Å². The Hall–Kier alpha value is -2.83. The van der Waals surface area contributed by atoms with Crippen LogP contribution in [-0.2, 0) is 9.53 Å². The lowest BCUT2D eigenvalue weighted by atomic mass is 10.0. The number of esters is 1. The van der Waals surface area contributed by atoms with E-state index in [1.165, 1.54) is 11.9 Å². The van der Waals surface area contributed by atoms with Gasteiger partial charge in [-0.1, -0.05) is 11.8 Å². The summed E-state index contributed by atoms with van der Waals surface area (Å²) < 4.78 is 33.5. The number of carbonyl (C=O) groups is 2. The van der Waals surface area contributed by atoms with Gasteiger partial charge in [0.25, 0.3) is 5.91 Å². The van der Waals surface area contributed by atoms with Gasteiger partial charge in [-0.05, 0) is 19.9 Å². The zero-order valence-electron chi connectivity index (χ0n) is 16.0. The van der Waals surface area contributed by atoms with Gasteiger partial charge in [0.15, 0.2) is 5.69 Å². The van der Waals surface area contributed by atoms with Crippen LogP contribution in [0.15, 0.2) is 12.1 Å². The molecule has 0 radical (unpaired) electrons. The maximum Gasteiger partial charge on any atom is 0.358 e. The van der Waals surface area contributed by atoms with E-state index >= 15 is 0 Å². The second-order valence-corrected chi connectivity index (χ2v) is 7.75. The van der Waals surface area contributed by atoms with Crippen LogP contribution in [0.2, 0.25) is 0 Å². The molecule has 9 heteroatoms. The van der Waals surface area contributed by atoms with Gasteiger partial charge in [-0.25, -0.2) is 18.6 Å². The minimum Gasteiger partial charge on any atom is -0.461 e. The lowest BCUT2D eigenvalue weighted by molar-refractivity contribution is -0.137. The van der Waals surface area contributed by atoms with Crippen molar-refractivity contribution in [1.29, 1.82) is 0 Å². The van der Waals surface area contributed by atoms with Crippen molar-refractivity contribution in [3.63, 3.8) is 0 Å². The van der Waals surface area contributed by atoms with Crippen LogP contribution in [0.4, 0.5) is 8.78 Å². The normalized spacial score (nSPS) is 18.6. The number of benzene rings is 1. The average Bonchev–Trinajstić information content (AvgIpc) is 3.17. The van der Waals surface area contributed by atoms with Crippen molar-refractivity contribution in [1.82, 2.24) is 9.88 Å². The third-order valence-corrected chi connectivity index (χ3v) is 5.47. The number of thiazole rings is 1. The fourth-order valence-electron chi connectivity index (χ4n) is 2.85. The quantitative estimate of drug-likeness (QED) is 0.610. The van der Waals surface area contributed by atoms with E-state index in [-0.39, 0.29) is 34.9 Å². The van der Waals surface area contributed by atoms with Crippen molar-refractivity contribution in [2.24, 2.45) is 0 Å². The molecule has 29 heavy (non-hydrogen) atoms. The van der Waals surface area contributed by atoms with Gasteiger partial charge in [0, 0.05) is 36.5 Å². The molecule has 152 valence electrons. The van der Waals surface area contributed by atoms with Gasteiger partial charge in [0.1, 0.15) is 16.6 Å². The van der Waals surface area contributed by atoms with E-state index in [1.807, 2.05) is 0 Å². The lowest BCUT2D eigenvalue weighted by Crippen LogP contribution is -2.37. The van der Waals surface area contributed by atoms with Gasteiger partial charge in [-0.15, -0.1) is 11.3 Å². The Morgan fingerprint density at radius 2 is 2.14 bits per heavy atom. The summed E-state index contributed by atoms with van der Waals surface area (Å²) in [5.41, 5.74) is -2.06. The molecule has 1 aliphatic heterocycles. The van der Waals surface area contributed by atoms with Gasteiger partial charge in [0.05, 0.1) is 12.2 Å². The van der Waals surface area contributed by atoms with Crippen molar-refractivity contribution >= 4 is 23.2 Å². The number of nitrogens with zero attached hydrogens (tertiary/aromatic N) is 2. The highest BCUT2D eigenvalue weighted by Gasteiger charge is 2.42. The highest BCUT2D eigenvalue weighted by molar-refractivity contribution is 7.15. The molecule has 0 spiro atoms. The molecule has 1 aromatic heterocycles. The highest BCUT2D eigenvalue weighted by atomic mass is 32.1. The molecular formula is C20H18F2N2O4S. The van der Waals surface area contributed by atoms with Gasteiger partial charge in [0.2, 0.25) is 5.60 Å². The summed E-state index contributed by atoms with van der Waals surface area (Å²) in [6.07, 6.45) is 0.0968. The molecule has 1 amide bonds. The number of ether oxygens (including phenoxy) is 1. The first-order valence-corrected chi connectivity index (χ1v) is 9.63. The second kappa shape index (κ2) is 7.89. The molecule has 0 aliphatic carbocycles. The predicted molar refractivity (Wildman–Crippen MR) is 102 cm³/mol. The van der Waals surface area contributed by atoms with Crippen LogP contribution in [-0.4, -0.2) is 52.7 Å². The number of likely N-dealkylation sites (N-methyl/N-ethyl adjacent to an activating group) is 1. The summed E-state index contributed by atoms with van der Waals surface area (Å²) in [7, 11) is 1.53. The third-order valence-electron chi connectivity index (χ3n) is 4.47. The summed E-state index contributed by atoms with van der Waals surface area (Å²) in [5, 5.41) is 10.5. The molecule has 1 N–H and O–H groups in total. The number of carbonyl (C=O) groups excluding carboxylic acids is 2. The van der Waals surface area contributed by atoms with E-state index in [0.717, 1.165) is 17.4 Å². The van der Waals surface area contributed by atoms with E-state index in [0.29, 0.717) is 17.5 Å². The van der Waals surface area contributed by atoms with Crippen molar-refractivity contribution in [2.75, 3.05) is 20.2 Å². The molecule has 1 aliphatic rings. The largest absolute Gasteiger partial charge is 0.461 e. The summed E-state index contributed by atoms with van der Waals surface area (Å²) in [6, 6.07) is 1.81. The van der Waals surface area contributed by atoms with Crippen molar-refractivity contribution < 1.29 is 28.2 Å². The SMILES string of the molecule is CCOC(=O)c1nc(-c2cc(C#C[C@]3(O)CCN(C)C3=O)c(F)cc2F)sc1C. The Labute approximate surface area is 170 Å². The Balaban J connectivity index is 2.00. The number of hydrogen-bond donors (Lipinski definition) is 1. The predicted octanol–water partition coefficient (Wildman–Crippen LogP) is 2.52. The fraction of sp³-hybridized carbons (Fsp3) is 0.350. The molecule has 1 aromatic carbocycles. The molecule has 0 unspecified atom stereocenters. The summed E-state index contributed by atoms with van der Waals surface area (Å²) in [5.74, 6) is 1.86. The smallest absolute Gasteiger partial charge is 0.358 e. The van der Waals surface area contributed by atoms with E-state index in [1.54, 1.807) is 13.8 Å². The highest BCUT2D eigenvalue weighted by Crippen LogP contribution is 2.31. The molecule has 1 atom stereocenters. The van der Waals surface area contributed by atoms with Crippen LogP contribution in [0.1, 0.15) is 34.3 Å². The standard InChI is InChI=1S/C20H18F2N2O4S/c1-4-28-18(25)16-11(2)29-17(23-16)13-9-12(14(21)10-15(13)22)5-6-20(27)7-8-24(3)19(20)26/h9-10,27H,4,7-8H2,1-3H3/t20-/m0/s1. The molecule has 1 fully saturated rings. The fourth-order valence-corrected chi connectivity index (χ4v) is 3.77.